The van der Waals surface area contributed by atoms with Crippen LogP contribution >= 0.6 is 0 Å². The summed E-state index contributed by atoms with van der Waals surface area (Å²) in [6.45, 7) is 3.41. The number of nitro groups is 1. The van der Waals surface area contributed by atoms with Gasteiger partial charge in [0.15, 0.2) is 5.75 Å². The molecule has 0 aromatic heterocycles. The van der Waals surface area contributed by atoms with E-state index in [0.29, 0.717) is 11.5 Å². The second-order valence-electron chi connectivity index (χ2n) is 6.22. The van der Waals surface area contributed by atoms with Crippen LogP contribution in [0, 0.1) is 27.4 Å². The molecule has 3 rings (SSSR count). The third-order valence-corrected chi connectivity index (χ3v) is 4.91. The van der Waals surface area contributed by atoms with Crippen molar-refractivity contribution in [1.29, 1.82) is 5.26 Å². The Balaban J connectivity index is 2.05. The number of rotatable bonds is 4. The van der Waals surface area contributed by atoms with E-state index in [9.17, 15) is 20.5 Å². The smallest absolute Gasteiger partial charge is 0.312 e. The lowest BCUT2D eigenvalue weighted by molar-refractivity contribution is -0.386. The van der Waals surface area contributed by atoms with Crippen LogP contribution in [0.1, 0.15) is 36.4 Å². The summed E-state index contributed by atoms with van der Waals surface area (Å²) >= 11 is 0. The number of piperazine rings is 1. The Bertz CT molecular complexity index is 645. The molecule has 2 aliphatic rings. The number of aromatic hydroxyl groups is 1. The van der Waals surface area contributed by atoms with Gasteiger partial charge in [0.05, 0.1) is 16.6 Å². The molecule has 2 fully saturated rings. The van der Waals surface area contributed by atoms with E-state index in [2.05, 4.69) is 10.2 Å². The minimum atomic E-state index is -0.616. The fraction of sp³-hybridized carbons (Fsp3) is 0.562. The second kappa shape index (κ2) is 6.52. The second-order valence-corrected chi connectivity index (χ2v) is 6.22. The average Bonchev–Trinajstić information content (AvgIpc) is 2.52. The Morgan fingerprint density at radius 3 is 2.61 bits per heavy atom. The monoisotopic (exact) mass is 316 g/mol. The number of benzene rings is 1. The van der Waals surface area contributed by atoms with Crippen molar-refractivity contribution in [2.75, 3.05) is 26.2 Å². The number of hydrogen-bond donors (Lipinski definition) is 2. The van der Waals surface area contributed by atoms with Crippen LogP contribution in [0.5, 0.6) is 5.75 Å². The van der Waals surface area contributed by atoms with Crippen molar-refractivity contribution in [3.63, 3.8) is 0 Å². The van der Waals surface area contributed by atoms with E-state index < -0.39 is 4.92 Å². The first-order chi connectivity index (χ1) is 11.1. The predicted octanol–water partition coefficient (Wildman–Crippen LogP) is 1.92. The molecule has 0 amide bonds. The van der Waals surface area contributed by atoms with Crippen molar-refractivity contribution in [1.82, 2.24) is 10.2 Å². The number of phenolic OH excluding ortho intramolecular Hbond substituents is 1. The molecule has 1 aliphatic carbocycles. The third kappa shape index (κ3) is 3.00. The molecule has 1 aromatic rings. The van der Waals surface area contributed by atoms with E-state index in [1.165, 1.54) is 0 Å². The number of nitrogens with one attached hydrogen (secondary N) is 1. The molecule has 0 bridgehead atoms. The molecule has 2 N–H and O–H groups in total. The van der Waals surface area contributed by atoms with Gasteiger partial charge in [0.1, 0.15) is 0 Å². The Kier molecular flexibility index (Phi) is 4.46. The van der Waals surface area contributed by atoms with Gasteiger partial charge in [-0.15, -0.1) is 0 Å². The first-order valence-corrected chi connectivity index (χ1v) is 7.98. The molecule has 7 heteroatoms. The van der Waals surface area contributed by atoms with Crippen LogP contribution in [-0.2, 0) is 0 Å². The molecule has 7 nitrogen and oxygen atoms in total. The third-order valence-electron chi connectivity index (χ3n) is 4.91. The topological polar surface area (TPSA) is 102 Å². The summed E-state index contributed by atoms with van der Waals surface area (Å²) in [5.41, 5.74) is 0.379. The summed E-state index contributed by atoms with van der Waals surface area (Å²) in [7, 11) is 0. The van der Waals surface area contributed by atoms with Crippen molar-refractivity contribution >= 4 is 5.69 Å². The van der Waals surface area contributed by atoms with Gasteiger partial charge in [0.25, 0.3) is 0 Å². The zero-order valence-electron chi connectivity index (χ0n) is 12.9. The zero-order valence-corrected chi connectivity index (χ0v) is 12.9. The van der Waals surface area contributed by atoms with Gasteiger partial charge in [-0.3, -0.25) is 15.0 Å². The zero-order chi connectivity index (χ0) is 16.4. The van der Waals surface area contributed by atoms with Crippen LogP contribution in [-0.4, -0.2) is 41.1 Å². The van der Waals surface area contributed by atoms with Gasteiger partial charge in [0.2, 0.25) is 0 Å². The molecule has 23 heavy (non-hydrogen) atoms. The lowest BCUT2D eigenvalue weighted by Gasteiger charge is -2.43. The van der Waals surface area contributed by atoms with Crippen LogP contribution < -0.4 is 5.32 Å². The van der Waals surface area contributed by atoms with Gasteiger partial charge in [0, 0.05) is 43.9 Å². The molecule has 0 radical (unpaired) electrons. The molecule has 122 valence electrons. The first kappa shape index (κ1) is 15.7. The van der Waals surface area contributed by atoms with E-state index >= 15 is 0 Å². The highest BCUT2D eigenvalue weighted by molar-refractivity contribution is 5.57. The van der Waals surface area contributed by atoms with Gasteiger partial charge in [-0.1, -0.05) is 6.42 Å². The number of nitrogens with zero attached hydrogens (tertiary/aromatic N) is 3. The van der Waals surface area contributed by atoms with Gasteiger partial charge in [-0.25, -0.2) is 0 Å². The van der Waals surface area contributed by atoms with Gasteiger partial charge in [-0.05, 0) is 24.8 Å². The number of hydrogen-bond acceptors (Lipinski definition) is 6. The summed E-state index contributed by atoms with van der Waals surface area (Å²) < 4.78 is 0. The molecule has 1 saturated heterocycles. The summed E-state index contributed by atoms with van der Waals surface area (Å²) in [4.78, 5) is 12.9. The fourth-order valence-corrected chi connectivity index (χ4v) is 3.53. The van der Waals surface area contributed by atoms with Crippen LogP contribution in [0.2, 0.25) is 0 Å². The maximum absolute atomic E-state index is 11.2. The van der Waals surface area contributed by atoms with Crippen molar-refractivity contribution in [3.05, 3.63) is 33.4 Å². The fourth-order valence-electron chi connectivity index (χ4n) is 3.53. The Morgan fingerprint density at radius 2 is 2.09 bits per heavy atom. The van der Waals surface area contributed by atoms with Gasteiger partial charge >= 0.3 is 5.69 Å². The largest absolute Gasteiger partial charge is 0.502 e. The highest BCUT2D eigenvalue weighted by atomic mass is 16.6. The minimum Gasteiger partial charge on any atom is -0.502 e. The van der Waals surface area contributed by atoms with Gasteiger partial charge < -0.3 is 10.4 Å². The summed E-state index contributed by atoms with van der Waals surface area (Å²) in [6.07, 6.45) is 3.26. The SMILES string of the molecule is N#Cc1cc([C@@H](C2CCC2)N2CCNCC2)c(O)c([N+](=O)[O-])c1. The number of nitriles is 1. The van der Waals surface area contributed by atoms with Crippen LogP contribution in [0.15, 0.2) is 12.1 Å². The molecule has 1 aliphatic heterocycles. The van der Waals surface area contributed by atoms with Crippen molar-refractivity contribution in [2.45, 2.75) is 25.3 Å². The maximum Gasteiger partial charge on any atom is 0.312 e. The van der Waals surface area contributed by atoms with E-state index in [1.807, 2.05) is 6.07 Å². The molecule has 1 atom stereocenters. The lowest BCUT2D eigenvalue weighted by Crippen LogP contribution is -2.47. The molecular formula is C16H20N4O3. The summed E-state index contributed by atoms with van der Waals surface area (Å²) in [5.74, 6) is 0.0944. The molecule has 1 aromatic carbocycles. The maximum atomic E-state index is 11.2. The van der Waals surface area contributed by atoms with E-state index in [-0.39, 0.29) is 23.0 Å². The first-order valence-electron chi connectivity index (χ1n) is 7.98. The van der Waals surface area contributed by atoms with Crippen LogP contribution in [0.4, 0.5) is 5.69 Å². The van der Waals surface area contributed by atoms with Crippen LogP contribution in [0.3, 0.4) is 0 Å². The Morgan fingerprint density at radius 1 is 1.39 bits per heavy atom. The van der Waals surface area contributed by atoms with E-state index in [0.717, 1.165) is 51.5 Å². The molecule has 1 saturated carbocycles. The molecule has 1 heterocycles. The van der Waals surface area contributed by atoms with Crippen LogP contribution in [0.25, 0.3) is 0 Å². The van der Waals surface area contributed by atoms with Crippen molar-refractivity contribution in [3.8, 4) is 11.8 Å². The number of nitro benzene ring substituents is 1. The standard InChI is InChI=1S/C16H20N4O3/c17-10-11-8-13(16(21)14(9-11)20(22)23)15(12-2-1-3-12)19-6-4-18-5-7-19/h8-9,12,15,18,21H,1-7H2/t15-/m1/s1. The Hall–Kier alpha value is -2.17. The molecule has 0 spiro atoms. The van der Waals surface area contributed by atoms with Gasteiger partial charge in [-0.2, -0.15) is 5.26 Å². The van der Waals surface area contributed by atoms with E-state index in [1.54, 1.807) is 6.07 Å². The highest BCUT2D eigenvalue weighted by Crippen LogP contribution is 2.46. The average molecular weight is 316 g/mol. The van der Waals surface area contributed by atoms with Crippen molar-refractivity contribution in [2.24, 2.45) is 5.92 Å². The minimum absolute atomic E-state index is 0.0575. The normalized spacial score (nSPS) is 20.5. The molecule has 0 unspecified atom stereocenters. The Labute approximate surface area is 134 Å². The molecular weight excluding hydrogens is 296 g/mol. The highest BCUT2D eigenvalue weighted by Gasteiger charge is 2.37. The van der Waals surface area contributed by atoms with E-state index in [4.69, 9.17) is 0 Å². The quantitative estimate of drug-likeness (QED) is 0.650. The lowest BCUT2D eigenvalue weighted by atomic mass is 9.75. The predicted molar refractivity (Wildman–Crippen MR) is 84.0 cm³/mol. The number of phenols is 1. The summed E-state index contributed by atoms with van der Waals surface area (Å²) in [6, 6.07) is 4.68. The van der Waals surface area contributed by atoms with Crippen molar-refractivity contribution < 1.29 is 10.0 Å². The summed E-state index contributed by atoms with van der Waals surface area (Å²) in [5, 5.41) is 34.1.